The van der Waals surface area contributed by atoms with Crippen LogP contribution in [0.5, 0.6) is 0 Å². The highest BCUT2D eigenvalue weighted by Crippen LogP contribution is 2.23. The minimum Gasteiger partial charge on any atom is -0.315 e. The van der Waals surface area contributed by atoms with Gasteiger partial charge in [-0.15, -0.1) is 0 Å². The van der Waals surface area contributed by atoms with Crippen LogP contribution in [0.4, 0.5) is 13.2 Å². The van der Waals surface area contributed by atoms with Crippen LogP contribution in [0.3, 0.4) is 0 Å². The molecule has 0 aliphatic carbocycles. The third kappa shape index (κ3) is 1.46. The fourth-order valence-corrected chi connectivity index (χ4v) is 1.12. The number of alkyl halides is 3. The fraction of sp³-hybridized carbons (Fsp3) is 0.833. The summed E-state index contributed by atoms with van der Waals surface area (Å²) in [7, 11) is 0. The van der Waals surface area contributed by atoms with Crippen LogP contribution in [0.25, 0.3) is 0 Å². The molecule has 1 unspecified atom stereocenters. The van der Waals surface area contributed by atoms with E-state index in [1.807, 2.05) is 0 Å². The quantitative estimate of drug-likeness (QED) is 0.562. The molecule has 1 atom stereocenters. The monoisotopic (exact) mass is 167 g/mol. The SMILES string of the molecule is O=C1C(C(F)F)CCN1CF. The molecule has 0 N–H and O–H groups in total. The molecule has 1 amide bonds. The Morgan fingerprint density at radius 1 is 1.64 bits per heavy atom. The highest BCUT2D eigenvalue weighted by molar-refractivity contribution is 5.81. The minimum atomic E-state index is -2.65. The van der Waals surface area contributed by atoms with Crippen molar-refractivity contribution < 1.29 is 18.0 Å². The van der Waals surface area contributed by atoms with Crippen molar-refractivity contribution in [2.45, 2.75) is 12.8 Å². The second kappa shape index (κ2) is 3.11. The molecule has 0 radical (unpaired) electrons. The molecule has 0 aromatic rings. The van der Waals surface area contributed by atoms with Gasteiger partial charge < -0.3 is 4.90 Å². The van der Waals surface area contributed by atoms with Gasteiger partial charge in [0.1, 0.15) is 5.92 Å². The number of carbonyl (C=O) groups excluding carboxylic acids is 1. The Morgan fingerprint density at radius 2 is 2.27 bits per heavy atom. The molecule has 1 fully saturated rings. The maximum absolute atomic E-state index is 11.9. The van der Waals surface area contributed by atoms with Gasteiger partial charge in [0.05, 0.1) is 0 Å². The van der Waals surface area contributed by atoms with Gasteiger partial charge >= 0.3 is 0 Å². The van der Waals surface area contributed by atoms with Gasteiger partial charge in [-0.3, -0.25) is 4.79 Å². The molecule has 0 spiro atoms. The molecule has 0 bridgehead atoms. The molecule has 2 nitrogen and oxygen atoms in total. The lowest BCUT2D eigenvalue weighted by Crippen LogP contribution is -2.28. The average Bonchev–Trinajstić information content (AvgIpc) is 2.30. The molecule has 11 heavy (non-hydrogen) atoms. The Labute approximate surface area is 62.0 Å². The lowest BCUT2D eigenvalue weighted by atomic mass is 10.1. The maximum atomic E-state index is 11.9. The van der Waals surface area contributed by atoms with Gasteiger partial charge in [0.2, 0.25) is 12.3 Å². The van der Waals surface area contributed by atoms with Crippen LogP contribution in [-0.2, 0) is 4.79 Å². The van der Waals surface area contributed by atoms with E-state index in [-0.39, 0.29) is 13.0 Å². The molecule has 1 rings (SSSR count). The van der Waals surface area contributed by atoms with Crippen LogP contribution >= 0.6 is 0 Å². The zero-order valence-corrected chi connectivity index (χ0v) is 5.77. The molecule has 0 aromatic carbocycles. The first-order valence-electron chi connectivity index (χ1n) is 3.29. The van der Waals surface area contributed by atoms with Gasteiger partial charge in [-0.25, -0.2) is 13.2 Å². The Hall–Kier alpha value is -0.740. The Balaban J connectivity index is 2.56. The molecule has 1 aliphatic rings. The van der Waals surface area contributed by atoms with E-state index in [2.05, 4.69) is 0 Å². The number of rotatable bonds is 2. The Morgan fingerprint density at radius 3 is 2.55 bits per heavy atom. The molecule has 1 heterocycles. The first-order valence-corrected chi connectivity index (χ1v) is 3.29. The van der Waals surface area contributed by atoms with Crippen LogP contribution in [0, 0.1) is 5.92 Å². The van der Waals surface area contributed by atoms with Crippen LogP contribution in [0.2, 0.25) is 0 Å². The van der Waals surface area contributed by atoms with E-state index >= 15 is 0 Å². The maximum Gasteiger partial charge on any atom is 0.250 e. The number of amides is 1. The number of halogens is 3. The van der Waals surface area contributed by atoms with Crippen LogP contribution in [0.1, 0.15) is 6.42 Å². The predicted octanol–water partition coefficient (Wildman–Crippen LogP) is 1.03. The topological polar surface area (TPSA) is 20.3 Å². The molecule has 0 saturated carbocycles. The van der Waals surface area contributed by atoms with Crippen molar-refractivity contribution in [3.8, 4) is 0 Å². The first-order chi connectivity index (χ1) is 5.16. The van der Waals surface area contributed by atoms with Gasteiger partial charge in [-0.1, -0.05) is 0 Å². The van der Waals surface area contributed by atoms with Crippen molar-refractivity contribution in [3.63, 3.8) is 0 Å². The molecule has 5 heteroatoms. The van der Waals surface area contributed by atoms with E-state index in [4.69, 9.17) is 0 Å². The lowest BCUT2D eigenvalue weighted by molar-refractivity contribution is -0.136. The predicted molar refractivity (Wildman–Crippen MR) is 31.8 cm³/mol. The number of likely N-dealkylation sites (tertiary alicyclic amines) is 1. The third-order valence-electron chi connectivity index (χ3n) is 1.79. The second-order valence-electron chi connectivity index (χ2n) is 2.45. The number of carbonyl (C=O) groups is 1. The molecule has 64 valence electrons. The molecule has 0 aromatic heterocycles. The summed E-state index contributed by atoms with van der Waals surface area (Å²) in [6.07, 6.45) is -2.58. The van der Waals surface area contributed by atoms with E-state index in [1.165, 1.54) is 0 Å². The minimum absolute atomic E-state index is 0.0699. The second-order valence-corrected chi connectivity index (χ2v) is 2.45. The normalized spacial score (nSPS) is 25.3. The average molecular weight is 167 g/mol. The van der Waals surface area contributed by atoms with Gasteiger partial charge in [-0.05, 0) is 6.42 Å². The number of nitrogens with zero attached hydrogens (tertiary/aromatic N) is 1. The largest absolute Gasteiger partial charge is 0.315 e. The molecule has 1 saturated heterocycles. The van der Waals surface area contributed by atoms with Crippen molar-refractivity contribution in [2.24, 2.45) is 5.92 Å². The van der Waals surface area contributed by atoms with Gasteiger partial charge in [0, 0.05) is 6.54 Å². The van der Waals surface area contributed by atoms with E-state index < -0.39 is 25.0 Å². The summed E-state index contributed by atoms with van der Waals surface area (Å²) in [4.78, 5) is 11.6. The van der Waals surface area contributed by atoms with Crippen molar-refractivity contribution in [2.75, 3.05) is 13.3 Å². The molecule has 1 aliphatic heterocycles. The van der Waals surface area contributed by atoms with Crippen molar-refractivity contribution in [1.82, 2.24) is 4.90 Å². The summed E-state index contributed by atoms with van der Waals surface area (Å²) < 4.78 is 35.7. The van der Waals surface area contributed by atoms with Crippen LogP contribution in [-0.4, -0.2) is 30.6 Å². The highest BCUT2D eigenvalue weighted by Gasteiger charge is 2.37. The van der Waals surface area contributed by atoms with E-state index in [9.17, 15) is 18.0 Å². The van der Waals surface area contributed by atoms with Gasteiger partial charge in [0.15, 0.2) is 6.80 Å². The summed E-state index contributed by atoms with van der Waals surface area (Å²) in [5.41, 5.74) is 0. The summed E-state index contributed by atoms with van der Waals surface area (Å²) in [5.74, 6) is -2.03. The molecular formula is C6H8F3NO. The standard InChI is InChI=1S/C6H8F3NO/c7-3-10-2-1-4(5(8)9)6(10)11/h4-5H,1-3H2. The number of hydrogen-bond acceptors (Lipinski definition) is 1. The number of hydrogen-bond donors (Lipinski definition) is 0. The molecular weight excluding hydrogens is 159 g/mol. The van der Waals surface area contributed by atoms with Crippen LogP contribution in [0.15, 0.2) is 0 Å². The highest BCUT2D eigenvalue weighted by atomic mass is 19.3. The van der Waals surface area contributed by atoms with E-state index in [0.717, 1.165) is 4.90 Å². The first kappa shape index (κ1) is 8.36. The summed E-state index contributed by atoms with van der Waals surface area (Å²) >= 11 is 0. The zero-order valence-electron chi connectivity index (χ0n) is 5.77. The Kier molecular flexibility index (Phi) is 2.36. The van der Waals surface area contributed by atoms with Gasteiger partial charge in [-0.2, -0.15) is 0 Å². The van der Waals surface area contributed by atoms with E-state index in [1.54, 1.807) is 0 Å². The third-order valence-corrected chi connectivity index (χ3v) is 1.79. The van der Waals surface area contributed by atoms with E-state index in [0.29, 0.717) is 0 Å². The fourth-order valence-electron chi connectivity index (χ4n) is 1.12. The lowest BCUT2D eigenvalue weighted by Gasteiger charge is -2.10. The van der Waals surface area contributed by atoms with Crippen molar-refractivity contribution in [1.29, 1.82) is 0 Å². The summed E-state index contributed by atoms with van der Waals surface area (Å²) in [5, 5.41) is 0. The van der Waals surface area contributed by atoms with Crippen molar-refractivity contribution in [3.05, 3.63) is 0 Å². The van der Waals surface area contributed by atoms with Crippen LogP contribution < -0.4 is 0 Å². The summed E-state index contributed by atoms with van der Waals surface area (Å²) in [6.45, 7) is -0.841. The summed E-state index contributed by atoms with van der Waals surface area (Å²) in [6, 6.07) is 0. The zero-order chi connectivity index (χ0) is 8.43. The Bertz CT molecular complexity index is 162. The van der Waals surface area contributed by atoms with Crippen molar-refractivity contribution >= 4 is 5.91 Å². The van der Waals surface area contributed by atoms with Gasteiger partial charge in [0.25, 0.3) is 0 Å². The smallest absolute Gasteiger partial charge is 0.250 e.